The van der Waals surface area contributed by atoms with Crippen LogP contribution in [0.4, 0.5) is 4.39 Å². The van der Waals surface area contributed by atoms with Crippen molar-refractivity contribution >= 4 is 28.9 Å². The fraction of sp³-hybridized carbons (Fsp3) is 0.174. The molecule has 0 aliphatic heterocycles. The lowest BCUT2D eigenvalue weighted by molar-refractivity contribution is -0.121. The van der Waals surface area contributed by atoms with Gasteiger partial charge in [0, 0.05) is 35.1 Å². The molecule has 2 aromatic carbocycles. The molecule has 1 amide bonds. The number of fused-ring (bicyclic) bond motifs is 1. The van der Waals surface area contributed by atoms with E-state index < -0.39 is 0 Å². The molecule has 4 rings (SSSR count). The summed E-state index contributed by atoms with van der Waals surface area (Å²) in [6.45, 7) is 0.416. The van der Waals surface area contributed by atoms with E-state index in [1.54, 1.807) is 48.5 Å². The third-order valence-corrected chi connectivity index (χ3v) is 4.99. The molecule has 0 radical (unpaired) electrons. The highest BCUT2D eigenvalue weighted by Crippen LogP contribution is 2.19. The van der Waals surface area contributed by atoms with Crippen LogP contribution in [0.15, 0.2) is 60.7 Å². The first-order valence-electron chi connectivity index (χ1n) is 10.2. The zero-order valence-corrected chi connectivity index (χ0v) is 18.1. The SMILES string of the molecule is O=C(CCC(=O)c1ccc(Cl)cc1)NCCOc1ccc2nnc(-c3cccc(F)c3)n2n1. The van der Waals surface area contributed by atoms with Crippen LogP contribution >= 0.6 is 11.6 Å². The Morgan fingerprint density at radius 1 is 1.03 bits per heavy atom. The monoisotopic (exact) mass is 467 g/mol. The lowest BCUT2D eigenvalue weighted by Gasteiger charge is -2.08. The summed E-state index contributed by atoms with van der Waals surface area (Å²) in [6.07, 6.45) is 0.173. The fourth-order valence-electron chi connectivity index (χ4n) is 3.10. The Bertz CT molecular complexity index is 1290. The topological polar surface area (TPSA) is 98.5 Å². The van der Waals surface area contributed by atoms with E-state index >= 15 is 0 Å². The summed E-state index contributed by atoms with van der Waals surface area (Å²) in [7, 11) is 0. The first-order chi connectivity index (χ1) is 16.0. The Morgan fingerprint density at radius 2 is 1.85 bits per heavy atom. The quantitative estimate of drug-likeness (QED) is 0.297. The van der Waals surface area contributed by atoms with Gasteiger partial charge in [-0.25, -0.2) is 4.39 Å². The number of hydrogen-bond acceptors (Lipinski definition) is 6. The van der Waals surface area contributed by atoms with E-state index in [0.717, 1.165) is 0 Å². The van der Waals surface area contributed by atoms with Gasteiger partial charge in [-0.1, -0.05) is 23.7 Å². The molecule has 0 spiro atoms. The van der Waals surface area contributed by atoms with E-state index in [1.165, 1.54) is 16.6 Å². The molecule has 10 heteroatoms. The third-order valence-electron chi connectivity index (χ3n) is 4.74. The van der Waals surface area contributed by atoms with E-state index in [9.17, 15) is 14.0 Å². The van der Waals surface area contributed by atoms with E-state index in [2.05, 4.69) is 20.6 Å². The number of benzene rings is 2. The largest absolute Gasteiger partial charge is 0.475 e. The number of rotatable bonds is 9. The molecule has 0 aliphatic carbocycles. The number of ether oxygens (including phenoxy) is 1. The highest BCUT2D eigenvalue weighted by molar-refractivity contribution is 6.30. The molecule has 0 saturated heterocycles. The van der Waals surface area contributed by atoms with Crippen LogP contribution < -0.4 is 10.1 Å². The summed E-state index contributed by atoms with van der Waals surface area (Å²) in [5.74, 6) is -0.0851. The summed E-state index contributed by atoms with van der Waals surface area (Å²) in [4.78, 5) is 24.1. The highest BCUT2D eigenvalue weighted by Gasteiger charge is 2.12. The minimum absolute atomic E-state index is 0.0728. The summed E-state index contributed by atoms with van der Waals surface area (Å²) >= 11 is 5.81. The van der Waals surface area contributed by atoms with Crippen LogP contribution in [0.1, 0.15) is 23.2 Å². The number of nitrogens with one attached hydrogen (secondary N) is 1. The van der Waals surface area contributed by atoms with Crippen LogP contribution in [0.25, 0.3) is 17.0 Å². The van der Waals surface area contributed by atoms with E-state index in [0.29, 0.717) is 33.5 Å². The Hall–Kier alpha value is -3.85. The van der Waals surface area contributed by atoms with Crippen molar-refractivity contribution < 1.29 is 18.7 Å². The van der Waals surface area contributed by atoms with Crippen molar-refractivity contribution in [1.82, 2.24) is 25.1 Å². The molecular weight excluding hydrogens is 449 g/mol. The predicted octanol–water partition coefficient (Wildman–Crippen LogP) is 3.74. The molecule has 0 saturated carbocycles. The van der Waals surface area contributed by atoms with Crippen molar-refractivity contribution in [2.75, 3.05) is 13.2 Å². The Morgan fingerprint density at radius 3 is 2.64 bits per heavy atom. The second-order valence-corrected chi connectivity index (χ2v) is 7.54. The van der Waals surface area contributed by atoms with Crippen molar-refractivity contribution in [3.8, 4) is 17.3 Å². The molecule has 168 valence electrons. The third kappa shape index (κ3) is 5.69. The first-order valence-corrected chi connectivity index (χ1v) is 10.5. The van der Waals surface area contributed by atoms with Crippen LogP contribution in [0.3, 0.4) is 0 Å². The standard InChI is InChI=1S/C23H19ClFN5O3/c24-17-6-4-15(5-7-17)19(31)8-10-21(32)26-12-13-33-22-11-9-20-27-28-23(30(20)29-22)16-2-1-3-18(25)14-16/h1-7,9,11,14H,8,10,12-13H2,(H,26,32). The van der Waals surface area contributed by atoms with E-state index in [4.69, 9.17) is 16.3 Å². The molecule has 0 unspecified atom stereocenters. The van der Waals surface area contributed by atoms with Crippen LogP contribution in [0.2, 0.25) is 5.02 Å². The van der Waals surface area contributed by atoms with Gasteiger partial charge >= 0.3 is 0 Å². The minimum atomic E-state index is -0.387. The summed E-state index contributed by atoms with van der Waals surface area (Å²) in [5.41, 5.74) is 1.54. The van der Waals surface area contributed by atoms with Crippen LogP contribution in [0, 0.1) is 5.82 Å². The van der Waals surface area contributed by atoms with Crippen molar-refractivity contribution in [3.63, 3.8) is 0 Å². The summed E-state index contributed by atoms with van der Waals surface area (Å²) in [6, 6.07) is 15.8. The molecule has 0 atom stereocenters. The lowest BCUT2D eigenvalue weighted by atomic mass is 10.1. The summed E-state index contributed by atoms with van der Waals surface area (Å²) in [5, 5.41) is 15.7. The van der Waals surface area contributed by atoms with Gasteiger partial charge in [0.15, 0.2) is 17.3 Å². The maximum Gasteiger partial charge on any atom is 0.231 e. The number of nitrogens with zero attached hydrogens (tertiary/aromatic N) is 4. The van der Waals surface area contributed by atoms with Gasteiger partial charge in [-0.2, -0.15) is 4.52 Å². The number of halogens is 2. The average molecular weight is 468 g/mol. The maximum absolute atomic E-state index is 13.5. The number of ketones is 1. The van der Waals surface area contributed by atoms with Crippen molar-refractivity contribution in [2.45, 2.75) is 12.8 Å². The van der Waals surface area contributed by atoms with Gasteiger partial charge in [0.25, 0.3) is 0 Å². The van der Waals surface area contributed by atoms with Crippen molar-refractivity contribution in [1.29, 1.82) is 0 Å². The molecule has 33 heavy (non-hydrogen) atoms. The number of Topliss-reactive ketones (excluding diaryl/α,β-unsaturated/α-hetero) is 1. The van der Waals surface area contributed by atoms with Gasteiger partial charge in [-0.05, 0) is 42.5 Å². The average Bonchev–Trinajstić information content (AvgIpc) is 3.24. The number of hydrogen-bond donors (Lipinski definition) is 1. The molecule has 0 bridgehead atoms. The Balaban J connectivity index is 1.26. The van der Waals surface area contributed by atoms with Gasteiger partial charge in [-0.3, -0.25) is 9.59 Å². The number of amides is 1. The van der Waals surface area contributed by atoms with E-state index in [-0.39, 0.29) is 43.5 Å². The number of carbonyl (C=O) groups is 2. The molecule has 8 nitrogen and oxygen atoms in total. The number of aromatic nitrogens is 4. The normalized spacial score (nSPS) is 10.8. The molecule has 2 aromatic heterocycles. The second-order valence-electron chi connectivity index (χ2n) is 7.10. The van der Waals surface area contributed by atoms with Gasteiger partial charge in [0.1, 0.15) is 12.4 Å². The van der Waals surface area contributed by atoms with Crippen LogP contribution in [0.5, 0.6) is 5.88 Å². The van der Waals surface area contributed by atoms with Crippen molar-refractivity contribution in [2.24, 2.45) is 0 Å². The molecular formula is C23H19ClFN5O3. The van der Waals surface area contributed by atoms with Crippen molar-refractivity contribution in [3.05, 3.63) is 77.1 Å². The Kier molecular flexibility index (Phi) is 6.89. The highest BCUT2D eigenvalue weighted by atomic mass is 35.5. The van der Waals surface area contributed by atoms with Crippen LogP contribution in [-0.2, 0) is 4.79 Å². The molecule has 0 aliphatic rings. The van der Waals surface area contributed by atoms with Gasteiger partial charge in [-0.15, -0.1) is 15.3 Å². The molecule has 4 aromatic rings. The predicted molar refractivity (Wildman–Crippen MR) is 120 cm³/mol. The Labute approximate surface area is 193 Å². The van der Waals surface area contributed by atoms with Gasteiger partial charge < -0.3 is 10.1 Å². The second kappa shape index (κ2) is 10.2. The molecule has 1 N–H and O–H groups in total. The zero-order chi connectivity index (χ0) is 23.2. The molecule has 2 heterocycles. The lowest BCUT2D eigenvalue weighted by Crippen LogP contribution is -2.28. The first kappa shape index (κ1) is 22.3. The van der Waals surface area contributed by atoms with Crippen LogP contribution in [-0.4, -0.2) is 44.7 Å². The molecule has 0 fully saturated rings. The zero-order valence-electron chi connectivity index (χ0n) is 17.4. The minimum Gasteiger partial charge on any atom is -0.475 e. The maximum atomic E-state index is 13.5. The number of carbonyl (C=O) groups excluding carboxylic acids is 2. The van der Waals surface area contributed by atoms with Gasteiger partial charge in [0.05, 0.1) is 6.54 Å². The fourth-order valence-corrected chi connectivity index (χ4v) is 3.22. The van der Waals surface area contributed by atoms with E-state index in [1.807, 2.05) is 0 Å². The van der Waals surface area contributed by atoms with Gasteiger partial charge in [0.2, 0.25) is 11.8 Å². The smallest absolute Gasteiger partial charge is 0.231 e. The summed E-state index contributed by atoms with van der Waals surface area (Å²) < 4.78 is 20.6.